The third kappa shape index (κ3) is 7.17. The predicted molar refractivity (Wildman–Crippen MR) is 120 cm³/mol. The highest BCUT2D eigenvalue weighted by atomic mass is 32.2. The van der Waals surface area contributed by atoms with Gasteiger partial charge in [-0.15, -0.1) is 11.8 Å². The molecule has 0 saturated heterocycles. The lowest BCUT2D eigenvalue weighted by Gasteiger charge is -2.09. The molecular weight excluding hydrogens is 419 g/mol. The number of thioether (sulfide) groups is 1. The molecule has 3 aromatic rings. The number of benzene rings is 3. The lowest BCUT2D eigenvalue weighted by Crippen LogP contribution is -2.14. The maximum Gasteiger partial charge on any atom is 0.416 e. The number of amides is 1. The summed E-state index contributed by atoms with van der Waals surface area (Å²) >= 11 is 1.77. The normalized spacial score (nSPS) is 11.4. The number of rotatable bonds is 8. The van der Waals surface area contributed by atoms with Crippen LogP contribution in [0.3, 0.4) is 0 Å². The van der Waals surface area contributed by atoms with Gasteiger partial charge in [0.25, 0.3) is 0 Å². The number of aryl methyl sites for hydroxylation is 2. The number of nitrogens with one attached hydrogen (secondary N) is 1. The number of halogens is 3. The molecule has 2 nitrogen and oxygen atoms in total. The van der Waals surface area contributed by atoms with Gasteiger partial charge in [0.2, 0.25) is 5.91 Å². The molecule has 31 heavy (non-hydrogen) atoms. The number of carbonyl (C=O) groups is 1. The summed E-state index contributed by atoms with van der Waals surface area (Å²) in [5.74, 6) is 0.938. The van der Waals surface area contributed by atoms with Gasteiger partial charge in [-0.1, -0.05) is 43.3 Å². The minimum absolute atomic E-state index is 0.0756. The van der Waals surface area contributed by atoms with Gasteiger partial charge in [0, 0.05) is 10.6 Å². The van der Waals surface area contributed by atoms with Crippen molar-refractivity contribution in [2.45, 2.75) is 37.3 Å². The van der Waals surface area contributed by atoms with E-state index in [9.17, 15) is 18.0 Å². The molecule has 0 radical (unpaired) electrons. The summed E-state index contributed by atoms with van der Waals surface area (Å²) < 4.78 is 37.9. The Kier molecular flexibility index (Phi) is 7.80. The predicted octanol–water partition coefficient (Wildman–Crippen LogP) is 6.78. The zero-order valence-electron chi connectivity index (χ0n) is 17.2. The van der Waals surface area contributed by atoms with Gasteiger partial charge in [-0.2, -0.15) is 13.2 Å². The molecule has 0 atom stereocenters. The fourth-order valence-corrected chi connectivity index (χ4v) is 3.83. The number of hydrogen-bond acceptors (Lipinski definition) is 2. The van der Waals surface area contributed by atoms with Crippen molar-refractivity contribution in [1.29, 1.82) is 0 Å². The first-order chi connectivity index (χ1) is 14.8. The highest BCUT2D eigenvalue weighted by Crippen LogP contribution is 2.29. The van der Waals surface area contributed by atoms with Crippen molar-refractivity contribution in [3.63, 3.8) is 0 Å². The molecule has 0 fully saturated rings. The van der Waals surface area contributed by atoms with Crippen molar-refractivity contribution in [2.24, 2.45) is 0 Å². The molecule has 1 amide bonds. The molecule has 0 heterocycles. The maximum atomic E-state index is 12.6. The number of anilines is 1. The first kappa shape index (κ1) is 22.9. The molecule has 0 spiro atoms. The van der Waals surface area contributed by atoms with Crippen LogP contribution in [0.1, 0.15) is 29.2 Å². The standard InChI is InChI=1S/C25H24F3NOS/c1-2-31-23-15-9-20(10-16-23)17-24(30)29-22-13-7-19(8-14-22)4-3-18-5-11-21(12-6-18)25(26,27)28/h5-16H,2-4,17H2,1H3,(H,29,30). The van der Waals surface area contributed by atoms with Crippen molar-refractivity contribution in [1.82, 2.24) is 0 Å². The number of hydrogen-bond donors (Lipinski definition) is 1. The van der Waals surface area contributed by atoms with E-state index >= 15 is 0 Å². The minimum Gasteiger partial charge on any atom is -0.326 e. The van der Waals surface area contributed by atoms with Crippen LogP contribution in [0.2, 0.25) is 0 Å². The van der Waals surface area contributed by atoms with Gasteiger partial charge >= 0.3 is 6.18 Å². The van der Waals surface area contributed by atoms with Crippen LogP contribution in [0.25, 0.3) is 0 Å². The van der Waals surface area contributed by atoms with Crippen molar-refractivity contribution in [2.75, 3.05) is 11.1 Å². The highest BCUT2D eigenvalue weighted by molar-refractivity contribution is 7.99. The topological polar surface area (TPSA) is 29.1 Å². The summed E-state index contributed by atoms with van der Waals surface area (Å²) in [5.41, 5.74) is 2.97. The molecule has 0 unspecified atom stereocenters. The van der Waals surface area contributed by atoms with Crippen molar-refractivity contribution in [3.05, 3.63) is 95.1 Å². The van der Waals surface area contributed by atoms with Crippen LogP contribution in [0.4, 0.5) is 18.9 Å². The summed E-state index contributed by atoms with van der Waals surface area (Å²) in [4.78, 5) is 13.5. The third-order valence-corrected chi connectivity index (χ3v) is 5.71. The lowest BCUT2D eigenvalue weighted by atomic mass is 10.0. The average molecular weight is 444 g/mol. The van der Waals surface area contributed by atoms with Crippen LogP contribution in [-0.4, -0.2) is 11.7 Å². The second kappa shape index (κ2) is 10.5. The van der Waals surface area contributed by atoms with Crippen LogP contribution in [0.15, 0.2) is 77.7 Å². The third-order valence-electron chi connectivity index (χ3n) is 4.82. The number of alkyl halides is 3. The second-order valence-electron chi connectivity index (χ2n) is 7.19. The Hall–Kier alpha value is -2.73. The van der Waals surface area contributed by atoms with Gasteiger partial charge in [0.1, 0.15) is 0 Å². The lowest BCUT2D eigenvalue weighted by molar-refractivity contribution is -0.137. The Morgan fingerprint density at radius 2 is 1.32 bits per heavy atom. The maximum absolute atomic E-state index is 12.6. The zero-order valence-corrected chi connectivity index (χ0v) is 18.0. The summed E-state index contributed by atoms with van der Waals surface area (Å²) in [7, 11) is 0. The molecule has 0 saturated carbocycles. The van der Waals surface area contributed by atoms with Gasteiger partial charge in [-0.25, -0.2) is 0 Å². The van der Waals surface area contributed by atoms with Crippen LogP contribution in [0.5, 0.6) is 0 Å². The summed E-state index contributed by atoms with van der Waals surface area (Å²) in [6.45, 7) is 2.10. The van der Waals surface area contributed by atoms with E-state index in [1.54, 1.807) is 11.8 Å². The molecule has 0 aliphatic heterocycles. The van der Waals surface area contributed by atoms with Crippen molar-refractivity contribution < 1.29 is 18.0 Å². The Morgan fingerprint density at radius 3 is 1.84 bits per heavy atom. The summed E-state index contributed by atoms with van der Waals surface area (Å²) in [5, 5.41) is 2.90. The fraction of sp³-hybridized carbons (Fsp3) is 0.240. The van der Waals surface area contributed by atoms with Crippen LogP contribution < -0.4 is 5.32 Å². The smallest absolute Gasteiger partial charge is 0.326 e. The average Bonchev–Trinajstić information content (AvgIpc) is 2.74. The molecule has 6 heteroatoms. The van der Waals surface area contributed by atoms with E-state index in [1.807, 2.05) is 48.5 Å². The molecule has 0 aliphatic carbocycles. The largest absolute Gasteiger partial charge is 0.416 e. The quantitative estimate of drug-likeness (QED) is 0.389. The SMILES string of the molecule is CCSc1ccc(CC(=O)Nc2ccc(CCc3ccc(C(F)(F)F)cc3)cc2)cc1. The van der Waals surface area contributed by atoms with E-state index < -0.39 is 11.7 Å². The molecule has 1 N–H and O–H groups in total. The Morgan fingerprint density at radius 1 is 0.806 bits per heavy atom. The van der Waals surface area contributed by atoms with Gasteiger partial charge in [0.05, 0.1) is 12.0 Å². The van der Waals surface area contributed by atoms with E-state index in [0.29, 0.717) is 19.3 Å². The molecule has 0 aromatic heterocycles. The van der Waals surface area contributed by atoms with Gasteiger partial charge < -0.3 is 5.32 Å². The molecule has 0 aliphatic rings. The zero-order chi connectivity index (χ0) is 22.3. The number of carbonyl (C=O) groups excluding carboxylic acids is 1. The van der Waals surface area contributed by atoms with Crippen LogP contribution >= 0.6 is 11.8 Å². The van der Waals surface area contributed by atoms with Gasteiger partial charge in [-0.3, -0.25) is 4.79 Å². The van der Waals surface area contributed by atoms with Crippen molar-refractivity contribution >= 4 is 23.4 Å². The second-order valence-corrected chi connectivity index (χ2v) is 8.53. The van der Waals surface area contributed by atoms with E-state index in [2.05, 4.69) is 12.2 Å². The van der Waals surface area contributed by atoms with Crippen molar-refractivity contribution in [3.8, 4) is 0 Å². The van der Waals surface area contributed by atoms with Crippen LogP contribution in [-0.2, 0) is 30.2 Å². The Balaban J connectivity index is 1.48. The molecule has 162 valence electrons. The minimum atomic E-state index is -4.31. The molecule has 0 bridgehead atoms. The first-order valence-electron chi connectivity index (χ1n) is 10.1. The Bertz CT molecular complexity index is 981. The van der Waals surface area contributed by atoms with E-state index in [0.717, 1.165) is 40.3 Å². The summed E-state index contributed by atoms with van der Waals surface area (Å²) in [6, 6.07) is 20.8. The van der Waals surface area contributed by atoms with Gasteiger partial charge in [-0.05, 0) is 71.7 Å². The van der Waals surface area contributed by atoms with E-state index in [1.165, 1.54) is 17.0 Å². The van der Waals surface area contributed by atoms with Crippen LogP contribution in [0, 0.1) is 0 Å². The molecule has 3 aromatic carbocycles. The van der Waals surface area contributed by atoms with E-state index in [-0.39, 0.29) is 5.91 Å². The fourth-order valence-electron chi connectivity index (χ4n) is 3.16. The summed E-state index contributed by atoms with van der Waals surface area (Å²) in [6.07, 6.45) is -2.64. The molecule has 3 rings (SSSR count). The van der Waals surface area contributed by atoms with E-state index in [4.69, 9.17) is 0 Å². The highest BCUT2D eigenvalue weighted by Gasteiger charge is 2.29. The van der Waals surface area contributed by atoms with Gasteiger partial charge in [0.15, 0.2) is 0 Å². The first-order valence-corrected chi connectivity index (χ1v) is 11.1. The monoisotopic (exact) mass is 443 g/mol. The Labute approximate surface area is 184 Å². The molecular formula is C25H24F3NOS.